The van der Waals surface area contributed by atoms with E-state index in [9.17, 15) is 13.7 Å². The number of imidazole rings is 1. The number of nitriles is 1. The first-order valence-electron chi connectivity index (χ1n) is 12.9. The van der Waals surface area contributed by atoms with E-state index in [1.54, 1.807) is 39.3 Å². The molecule has 5 aromatic rings. The van der Waals surface area contributed by atoms with E-state index in [1.807, 2.05) is 60.8 Å². The maximum absolute atomic E-state index is 13.2. The summed E-state index contributed by atoms with van der Waals surface area (Å²) in [7, 11) is -3.54. The van der Waals surface area contributed by atoms with Crippen molar-refractivity contribution in [3.05, 3.63) is 96.4 Å². The first kappa shape index (κ1) is 24.8. The normalized spacial score (nSPS) is 14.9. The molecule has 2 aromatic heterocycles. The minimum absolute atomic E-state index is 0.271. The quantitative estimate of drug-likeness (QED) is 0.283. The second-order valence-corrected chi connectivity index (χ2v) is 11.4. The Bertz CT molecular complexity index is 1770. The van der Waals surface area contributed by atoms with Crippen molar-refractivity contribution in [2.75, 3.05) is 13.1 Å². The molecular weight excluding hydrogens is 508 g/mol. The van der Waals surface area contributed by atoms with Crippen molar-refractivity contribution in [3.8, 4) is 23.0 Å². The Balaban J connectivity index is 1.42. The molecule has 1 N–H and O–H groups in total. The SMILES string of the molecule is N#C/C(=C\c1cn(-c2ccccc2)nc1-c1ccc(S(=O)(=O)N2CCCCC2)cc1)c1nc2ccccc2[nH]1. The summed E-state index contributed by atoms with van der Waals surface area (Å²) in [6, 6.07) is 26.4. The van der Waals surface area contributed by atoms with Gasteiger partial charge in [-0.25, -0.2) is 18.1 Å². The summed E-state index contributed by atoms with van der Waals surface area (Å²) in [4.78, 5) is 8.08. The lowest BCUT2D eigenvalue weighted by Crippen LogP contribution is -2.35. The van der Waals surface area contributed by atoms with Gasteiger partial charge in [-0.2, -0.15) is 14.7 Å². The highest BCUT2D eigenvalue weighted by Gasteiger charge is 2.26. The Morgan fingerprint density at radius 2 is 1.64 bits per heavy atom. The van der Waals surface area contributed by atoms with Gasteiger partial charge in [-0.1, -0.05) is 48.9 Å². The number of H-pyrrole nitrogens is 1. The van der Waals surface area contributed by atoms with E-state index < -0.39 is 10.0 Å². The van der Waals surface area contributed by atoms with Gasteiger partial charge in [-0.15, -0.1) is 0 Å². The lowest BCUT2D eigenvalue weighted by molar-refractivity contribution is 0.346. The molecule has 39 heavy (non-hydrogen) atoms. The zero-order valence-corrected chi connectivity index (χ0v) is 22.0. The van der Waals surface area contributed by atoms with Crippen LogP contribution < -0.4 is 0 Å². The summed E-state index contributed by atoms with van der Waals surface area (Å²) in [6.07, 6.45) is 6.46. The number of hydrogen-bond donors (Lipinski definition) is 1. The number of fused-ring (bicyclic) bond motifs is 1. The van der Waals surface area contributed by atoms with Crippen molar-refractivity contribution >= 4 is 32.7 Å². The van der Waals surface area contributed by atoms with Gasteiger partial charge in [0.15, 0.2) is 0 Å². The molecule has 3 aromatic carbocycles. The third-order valence-electron chi connectivity index (χ3n) is 6.91. The van der Waals surface area contributed by atoms with Crippen LogP contribution in [0.5, 0.6) is 0 Å². The summed E-state index contributed by atoms with van der Waals surface area (Å²) < 4.78 is 29.6. The molecule has 0 spiro atoms. The number of hydrogen-bond acceptors (Lipinski definition) is 5. The van der Waals surface area contributed by atoms with Crippen LogP contribution >= 0.6 is 0 Å². The van der Waals surface area contributed by atoms with E-state index in [-0.39, 0.29) is 4.90 Å². The molecular formula is C30H26N6O2S. The number of nitrogens with zero attached hydrogens (tertiary/aromatic N) is 5. The fourth-order valence-electron chi connectivity index (χ4n) is 4.86. The van der Waals surface area contributed by atoms with Crippen LogP contribution in [0.15, 0.2) is 90.0 Å². The number of rotatable bonds is 6. The van der Waals surface area contributed by atoms with E-state index >= 15 is 0 Å². The molecule has 3 heterocycles. The number of benzene rings is 3. The first-order valence-corrected chi connectivity index (χ1v) is 14.3. The maximum Gasteiger partial charge on any atom is 0.243 e. The summed E-state index contributed by atoms with van der Waals surface area (Å²) in [6.45, 7) is 1.11. The fraction of sp³-hybridized carbons (Fsp3) is 0.167. The average molecular weight is 535 g/mol. The smallest absolute Gasteiger partial charge is 0.243 e. The molecule has 1 saturated heterocycles. The number of piperidine rings is 1. The molecule has 9 heteroatoms. The van der Waals surface area contributed by atoms with Gasteiger partial charge >= 0.3 is 0 Å². The standard InChI is InChI=1S/C30H26N6O2S/c31-20-23(30-32-27-11-5-6-12-28(27)33-30)19-24-21-36(25-9-3-1-4-10-25)34-29(24)22-13-15-26(16-14-22)39(37,38)35-17-7-2-8-18-35/h1,3-6,9-16,19,21H,2,7-8,17-18H2,(H,32,33)/b23-19+. The van der Waals surface area contributed by atoms with Gasteiger partial charge in [-0.05, 0) is 55.3 Å². The maximum atomic E-state index is 13.2. The van der Waals surface area contributed by atoms with Gasteiger partial charge in [0, 0.05) is 30.4 Å². The highest BCUT2D eigenvalue weighted by Crippen LogP contribution is 2.30. The molecule has 0 amide bonds. The Kier molecular flexibility index (Phi) is 6.57. The Morgan fingerprint density at radius 1 is 0.923 bits per heavy atom. The molecule has 0 aliphatic carbocycles. The molecule has 0 saturated carbocycles. The molecule has 1 fully saturated rings. The fourth-order valence-corrected chi connectivity index (χ4v) is 6.38. The molecule has 194 valence electrons. The monoisotopic (exact) mass is 534 g/mol. The summed E-state index contributed by atoms with van der Waals surface area (Å²) in [5, 5.41) is 14.9. The largest absolute Gasteiger partial charge is 0.337 e. The number of aromatic amines is 1. The third-order valence-corrected chi connectivity index (χ3v) is 8.82. The zero-order valence-electron chi connectivity index (χ0n) is 21.2. The Labute approximate surface area is 226 Å². The minimum Gasteiger partial charge on any atom is -0.337 e. The van der Waals surface area contributed by atoms with Crippen molar-refractivity contribution in [1.29, 1.82) is 5.26 Å². The van der Waals surface area contributed by atoms with Crippen LogP contribution in [0.25, 0.3) is 39.6 Å². The molecule has 0 radical (unpaired) electrons. The second-order valence-electron chi connectivity index (χ2n) is 9.47. The summed E-state index contributed by atoms with van der Waals surface area (Å²) in [5.74, 6) is 0.472. The van der Waals surface area contributed by atoms with Gasteiger partial charge in [0.2, 0.25) is 10.0 Å². The number of nitrogens with one attached hydrogen (secondary N) is 1. The lowest BCUT2D eigenvalue weighted by atomic mass is 10.1. The highest BCUT2D eigenvalue weighted by molar-refractivity contribution is 7.89. The minimum atomic E-state index is -3.54. The summed E-state index contributed by atoms with van der Waals surface area (Å²) >= 11 is 0. The number of allylic oxidation sites excluding steroid dienone is 1. The average Bonchev–Trinajstić information content (AvgIpc) is 3.61. The van der Waals surface area contributed by atoms with Gasteiger partial charge in [0.1, 0.15) is 11.9 Å². The first-order chi connectivity index (χ1) is 19.0. The molecule has 1 aliphatic heterocycles. The molecule has 0 unspecified atom stereocenters. The van der Waals surface area contributed by atoms with Crippen molar-refractivity contribution in [2.45, 2.75) is 24.2 Å². The van der Waals surface area contributed by atoms with Gasteiger partial charge < -0.3 is 4.98 Å². The highest BCUT2D eigenvalue weighted by atomic mass is 32.2. The lowest BCUT2D eigenvalue weighted by Gasteiger charge is -2.25. The number of sulfonamides is 1. The predicted octanol–water partition coefficient (Wildman–Crippen LogP) is 5.65. The molecule has 0 atom stereocenters. The van der Waals surface area contributed by atoms with E-state index in [0.29, 0.717) is 35.7 Å². The van der Waals surface area contributed by atoms with Crippen molar-refractivity contribution < 1.29 is 8.42 Å². The second kappa shape index (κ2) is 10.3. The number of aromatic nitrogens is 4. The topological polar surface area (TPSA) is 108 Å². The predicted molar refractivity (Wildman–Crippen MR) is 151 cm³/mol. The van der Waals surface area contributed by atoms with Crippen LogP contribution in [0.3, 0.4) is 0 Å². The van der Waals surface area contributed by atoms with E-state index in [0.717, 1.165) is 41.5 Å². The molecule has 6 rings (SSSR count). The van der Waals surface area contributed by atoms with Crippen LogP contribution in [-0.4, -0.2) is 45.6 Å². The van der Waals surface area contributed by atoms with Gasteiger partial charge in [0.05, 0.1) is 32.9 Å². The van der Waals surface area contributed by atoms with Crippen LogP contribution in [0.1, 0.15) is 30.7 Å². The van der Waals surface area contributed by atoms with Crippen molar-refractivity contribution in [2.24, 2.45) is 0 Å². The van der Waals surface area contributed by atoms with Crippen molar-refractivity contribution in [3.63, 3.8) is 0 Å². The molecule has 0 bridgehead atoms. The van der Waals surface area contributed by atoms with Gasteiger partial charge in [0.25, 0.3) is 0 Å². The van der Waals surface area contributed by atoms with E-state index in [2.05, 4.69) is 16.0 Å². The van der Waals surface area contributed by atoms with Crippen LogP contribution in [0.4, 0.5) is 0 Å². The zero-order chi connectivity index (χ0) is 26.8. The summed E-state index contributed by atoms with van der Waals surface area (Å²) in [5.41, 5.74) is 4.94. The van der Waals surface area contributed by atoms with Crippen molar-refractivity contribution in [1.82, 2.24) is 24.1 Å². The Hall–Kier alpha value is -4.52. The van der Waals surface area contributed by atoms with Crippen LogP contribution in [-0.2, 0) is 10.0 Å². The molecule has 8 nitrogen and oxygen atoms in total. The van der Waals surface area contributed by atoms with Crippen LogP contribution in [0.2, 0.25) is 0 Å². The van der Waals surface area contributed by atoms with Gasteiger partial charge in [-0.3, -0.25) is 0 Å². The third kappa shape index (κ3) is 4.88. The number of para-hydroxylation sites is 3. The molecule has 1 aliphatic rings. The van der Waals surface area contributed by atoms with E-state index in [4.69, 9.17) is 5.10 Å². The van der Waals surface area contributed by atoms with E-state index in [1.165, 1.54) is 0 Å². The Morgan fingerprint density at radius 3 is 2.36 bits per heavy atom. The van der Waals surface area contributed by atoms with Crippen LogP contribution in [0, 0.1) is 11.3 Å².